The Bertz CT molecular complexity index is 768. The van der Waals surface area contributed by atoms with Crippen LogP contribution in [0.2, 0.25) is 5.02 Å². The van der Waals surface area contributed by atoms with Gasteiger partial charge in [0.15, 0.2) is 0 Å². The number of halogens is 1. The van der Waals surface area contributed by atoms with Crippen molar-refractivity contribution >= 4 is 28.9 Å². The van der Waals surface area contributed by atoms with Crippen molar-refractivity contribution in [1.82, 2.24) is 9.78 Å². The van der Waals surface area contributed by atoms with E-state index < -0.39 is 0 Å². The van der Waals surface area contributed by atoms with Gasteiger partial charge in [-0.1, -0.05) is 17.7 Å². The van der Waals surface area contributed by atoms with E-state index in [0.29, 0.717) is 0 Å². The van der Waals surface area contributed by atoms with Crippen LogP contribution in [0.4, 0.5) is 11.4 Å². The van der Waals surface area contributed by atoms with Crippen LogP contribution in [0, 0.1) is 13.8 Å². The van der Waals surface area contributed by atoms with E-state index in [2.05, 4.69) is 15.3 Å². The van der Waals surface area contributed by atoms with Crippen molar-refractivity contribution < 1.29 is 4.79 Å². The summed E-state index contributed by atoms with van der Waals surface area (Å²) >= 11 is 6.26. The Kier molecular flexibility index (Phi) is 4.06. The summed E-state index contributed by atoms with van der Waals surface area (Å²) < 4.78 is 1.78. The lowest BCUT2D eigenvalue weighted by Crippen LogP contribution is -2.41. The zero-order valence-electron chi connectivity index (χ0n) is 13.9. The van der Waals surface area contributed by atoms with Gasteiger partial charge in [0, 0.05) is 24.3 Å². The molecule has 1 N–H and O–H groups in total. The van der Waals surface area contributed by atoms with Crippen molar-refractivity contribution in [1.29, 1.82) is 0 Å². The van der Waals surface area contributed by atoms with E-state index in [4.69, 9.17) is 11.6 Å². The number of aryl methyl sites for hydroxylation is 2. The van der Waals surface area contributed by atoms with Gasteiger partial charge < -0.3 is 10.2 Å². The molecule has 1 unspecified atom stereocenters. The highest BCUT2D eigenvalue weighted by Gasteiger charge is 2.29. The summed E-state index contributed by atoms with van der Waals surface area (Å²) in [6, 6.07) is 5.59. The van der Waals surface area contributed by atoms with Gasteiger partial charge in [-0.3, -0.25) is 9.48 Å². The van der Waals surface area contributed by atoms with E-state index in [1.807, 2.05) is 46.0 Å². The van der Waals surface area contributed by atoms with Crippen LogP contribution >= 0.6 is 11.6 Å². The molecular formula is C17H21ClN4O. The molecule has 2 aromatic rings. The molecule has 0 spiro atoms. The zero-order valence-corrected chi connectivity index (χ0v) is 14.6. The summed E-state index contributed by atoms with van der Waals surface area (Å²) in [6.45, 7) is 6.58. The van der Waals surface area contributed by atoms with Crippen molar-refractivity contribution in [2.75, 3.05) is 16.8 Å². The Morgan fingerprint density at radius 3 is 2.78 bits per heavy atom. The Labute approximate surface area is 141 Å². The monoisotopic (exact) mass is 332 g/mol. The van der Waals surface area contributed by atoms with E-state index >= 15 is 0 Å². The molecule has 5 nitrogen and oxygen atoms in total. The number of hydrogen-bond donors (Lipinski definition) is 1. The minimum absolute atomic E-state index is 0.0305. The van der Waals surface area contributed by atoms with Gasteiger partial charge in [0.25, 0.3) is 0 Å². The lowest BCUT2D eigenvalue weighted by atomic mass is 10.1. The first-order valence-electron chi connectivity index (χ1n) is 7.75. The number of nitrogens with one attached hydrogen (secondary N) is 1. The quantitative estimate of drug-likeness (QED) is 0.939. The van der Waals surface area contributed by atoms with Crippen molar-refractivity contribution in [3.63, 3.8) is 0 Å². The summed E-state index contributed by atoms with van der Waals surface area (Å²) in [5.74, 6) is -0.0305. The molecule has 0 saturated carbocycles. The molecule has 6 heteroatoms. The summed E-state index contributed by atoms with van der Waals surface area (Å²) in [5, 5.41) is 8.14. The number of nitrogens with zero attached hydrogens (tertiary/aromatic N) is 3. The first-order valence-corrected chi connectivity index (χ1v) is 8.13. The number of anilines is 2. The number of carbonyl (C=O) groups excluding carboxylic acids is 1. The Hall–Kier alpha value is -2.01. The van der Waals surface area contributed by atoms with Crippen LogP contribution in [0.15, 0.2) is 18.2 Å². The maximum atomic E-state index is 12.7. The number of carbonyl (C=O) groups is 1. The molecule has 1 aliphatic heterocycles. The second kappa shape index (κ2) is 5.89. The summed E-state index contributed by atoms with van der Waals surface area (Å²) in [4.78, 5) is 14.8. The highest BCUT2D eigenvalue weighted by Crippen LogP contribution is 2.34. The lowest BCUT2D eigenvalue weighted by molar-refractivity contribution is -0.117. The molecule has 0 aliphatic carbocycles. The van der Waals surface area contributed by atoms with Crippen LogP contribution in [0.3, 0.4) is 0 Å². The standard InChI is InChI=1S/C17H21ClN4O/c1-10-16(11(2)21(4)20-10)19-17(23)12(3)22-9-8-13-14(18)6-5-7-15(13)22/h5-7,12H,8-9H2,1-4H3,(H,19,23). The predicted octanol–water partition coefficient (Wildman–Crippen LogP) is 3.08. The third-order valence-corrected chi connectivity index (χ3v) is 4.96. The third-order valence-electron chi connectivity index (χ3n) is 4.61. The van der Waals surface area contributed by atoms with Gasteiger partial charge in [-0.05, 0) is 44.9 Å². The van der Waals surface area contributed by atoms with E-state index in [0.717, 1.165) is 46.3 Å². The first kappa shape index (κ1) is 15.9. The fourth-order valence-corrected chi connectivity index (χ4v) is 3.41. The first-order chi connectivity index (χ1) is 10.9. The highest BCUT2D eigenvalue weighted by atomic mass is 35.5. The molecule has 2 heterocycles. The molecule has 1 atom stereocenters. The van der Waals surface area contributed by atoms with E-state index in [9.17, 15) is 4.79 Å². The molecular weight excluding hydrogens is 312 g/mol. The number of aromatic nitrogens is 2. The number of hydrogen-bond acceptors (Lipinski definition) is 3. The van der Waals surface area contributed by atoms with Gasteiger partial charge in [-0.2, -0.15) is 5.10 Å². The number of fused-ring (bicyclic) bond motifs is 1. The van der Waals surface area contributed by atoms with E-state index in [1.54, 1.807) is 4.68 Å². The fourth-order valence-electron chi connectivity index (χ4n) is 3.14. The smallest absolute Gasteiger partial charge is 0.246 e. The molecule has 1 amide bonds. The van der Waals surface area contributed by atoms with Crippen LogP contribution in [-0.4, -0.2) is 28.3 Å². The SMILES string of the molecule is Cc1nn(C)c(C)c1NC(=O)C(C)N1CCc2c(Cl)cccc21. The van der Waals surface area contributed by atoms with Crippen molar-refractivity contribution in [2.45, 2.75) is 33.2 Å². The average Bonchev–Trinajstić information content (AvgIpc) is 3.04. The number of rotatable bonds is 3. The van der Waals surface area contributed by atoms with Crippen LogP contribution < -0.4 is 10.2 Å². The zero-order chi connectivity index (χ0) is 16.7. The van der Waals surface area contributed by atoms with Crippen LogP contribution in [-0.2, 0) is 18.3 Å². The maximum absolute atomic E-state index is 12.7. The molecule has 0 fully saturated rings. The molecule has 1 aliphatic rings. The lowest BCUT2D eigenvalue weighted by Gasteiger charge is -2.26. The molecule has 0 saturated heterocycles. The summed E-state index contributed by atoms with van der Waals surface area (Å²) in [6.07, 6.45) is 0.873. The Morgan fingerprint density at radius 1 is 1.39 bits per heavy atom. The average molecular weight is 333 g/mol. The van der Waals surface area contributed by atoms with Gasteiger partial charge >= 0.3 is 0 Å². The van der Waals surface area contributed by atoms with Gasteiger partial charge in [-0.25, -0.2) is 0 Å². The highest BCUT2D eigenvalue weighted by molar-refractivity contribution is 6.31. The summed E-state index contributed by atoms with van der Waals surface area (Å²) in [7, 11) is 1.88. The number of benzene rings is 1. The number of amides is 1. The van der Waals surface area contributed by atoms with Crippen molar-refractivity contribution in [2.24, 2.45) is 7.05 Å². The predicted molar refractivity (Wildman–Crippen MR) is 93.3 cm³/mol. The van der Waals surface area contributed by atoms with Gasteiger partial charge in [0.05, 0.1) is 17.1 Å². The minimum atomic E-state index is -0.270. The molecule has 3 rings (SSSR count). The van der Waals surface area contributed by atoms with Crippen molar-refractivity contribution in [3.05, 3.63) is 40.2 Å². The van der Waals surface area contributed by atoms with Gasteiger partial charge in [-0.15, -0.1) is 0 Å². The molecule has 1 aromatic carbocycles. The third kappa shape index (κ3) is 2.70. The molecule has 23 heavy (non-hydrogen) atoms. The van der Waals surface area contributed by atoms with Crippen LogP contribution in [0.1, 0.15) is 23.9 Å². The van der Waals surface area contributed by atoms with E-state index in [-0.39, 0.29) is 11.9 Å². The topological polar surface area (TPSA) is 50.2 Å². The molecule has 0 radical (unpaired) electrons. The van der Waals surface area contributed by atoms with Crippen LogP contribution in [0.5, 0.6) is 0 Å². The van der Waals surface area contributed by atoms with Crippen molar-refractivity contribution in [3.8, 4) is 0 Å². The maximum Gasteiger partial charge on any atom is 0.246 e. The van der Waals surface area contributed by atoms with Crippen LogP contribution in [0.25, 0.3) is 0 Å². The largest absolute Gasteiger partial charge is 0.359 e. The summed E-state index contributed by atoms with van der Waals surface area (Å²) in [5.41, 5.74) is 4.76. The normalized spacial score (nSPS) is 14.7. The fraction of sp³-hybridized carbons (Fsp3) is 0.412. The van der Waals surface area contributed by atoms with Gasteiger partial charge in [0.1, 0.15) is 6.04 Å². The second-order valence-corrected chi connectivity index (χ2v) is 6.42. The molecule has 1 aromatic heterocycles. The van der Waals surface area contributed by atoms with Gasteiger partial charge in [0.2, 0.25) is 5.91 Å². The van der Waals surface area contributed by atoms with E-state index in [1.165, 1.54) is 0 Å². The minimum Gasteiger partial charge on any atom is -0.359 e. The Balaban J connectivity index is 1.81. The molecule has 122 valence electrons. The second-order valence-electron chi connectivity index (χ2n) is 6.02. The molecule has 0 bridgehead atoms. The Morgan fingerprint density at radius 2 is 2.13 bits per heavy atom.